The molecule has 98 valence electrons. The molecule has 2 aromatic rings. The van der Waals surface area contributed by atoms with Gasteiger partial charge in [0.15, 0.2) is 0 Å². The van der Waals surface area contributed by atoms with E-state index in [1.807, 2.05) is 18.2 Å². The zero-order valence-corrected chi connectivity index (χ0v) is 10.4. The molecule has 19 heavy (non-hydrogen) atoms. The fourth-order valence-corrected chi connectivity index (χ4v) is 2.54. The molecule has 1 fully saturated rings. The average Bonchev–Trinajstić information content (AvgIpc) is 2.80. The molecule has 0 bridgehead atoms. The van der Waals surface area contributed by atoms with Crippen molar-refractivity contribution in [1.82, 2.24) is 9.88 Å². The van der Waals surface area contributed by atoms with Crippen molar-refractivity contribution in [2.24, 2.45) is 0 Å². The summed E-state index contributed by atoms with van der Waals surface area (Å²) in [6, 6.07) is 9.17. The summed E-state index contributed by atoms with van der Waals surface area (Å²) in [4.78, 5) is 23.6. The average molecular weight is 257 g/mol. The minimum absolute atomic E-state index is 0.00587. The second-order valence-corrected chi connectivity index (χ2v) is 4.88. The largest absolute Gasteiger partial charge is 0.385 e. The van der Waals surface area contributed by atoms with Crippen LogP contribution in [0.4, 0.5) is 5.82 Å². The summed E-state index contributed by atoms with van der Waals surface area (Å²) in [5.41, 5.74) is 5.85. The van der Waals surface area contributed by atoms with E-state index in [2.05, 4.69) is 5.32 Å². The normalized spacial score (nSPS) is 18.7. The summed E-state index contributed by atoms with van der Waals surface area (Å²) in [5.74, 6) is 0.474. The second kappa shape index (κ2) is 4.42. The van der Waals surface area contributed by atoms with E-state index in [-0.39, 0.29) is 17.5 Å². The Labute approximate surface area is 110 Å². The van der Waals surface area contributed by atoms with E-state index in [0.717, 1.165) is 11.8 Å². The molecule has 3 rings (SSSR count). The highest BCUT2D eigenvalue weighted by atomic mass is 16.2. The van der Waals surface area contributed by atoms with E-state index in [1.165, 1.54) is 0 Å². The van der Waals surface area contributed by atoms with Gasteiger partial charge < -0.3 is 11.1 Å². The fourth-order valence-electron chi connectivity index (χ4n) is 2.54. The van der Waals surface area contributed by atoms with Crippen LogP contribution in [0.25, 0.3) is 10.8 Å². The van der Waals surface area contributed by atoms with Gasteiger partial charge in [-0.05, 0) is 23.9 Å². The molecule has 1 aromatic heterocycles. The van der Waals surface area contributed by atoms with Crippen LogP contribution in [-0.2, 0) is 11.3 Å². The smallest absolute Gasteiger partial charge is 0.260 e. The number of nitrogens with one attached hydrogen (secondary N) is 1. The molecular formula is C14H15N3O2. The van der Waals surface area contributed by atoms with Crippen LogP contribution in [0.15, 0.2) is 35.1 Å². The van der Waals surface area contributed by atoms with Crippen molar-refractivity contribution in [3.05, 3.63) is 40.7 Å². The number of aromatic nitrogens is 1. The number of rotatable bonds is 2. The monoisotopic (exact) mass is 257 g/mol. The van der Waals surface area contributed by atoms with Crippen molar-refractivity contribution >= 4 is 22.5 Å². The van der Waals surface area contributed by atoms with Gasteiger partial charge >= 0.3 is 0 Å². The van der Waals surface area contributed by atoms with Crippen molar-refractivity contribution in [2.75, 3.05) is 5.73 Å². The lowest BCUT2D eigenvalue weighted by molar-refractivity contribution is -0.119. The first kappa shape index (κ1) is 11.8. The van der Waals surface area contributed by atoms with Crippen LogP contribution in [0.1, 0.15) is 12.8 Å². The Morgan fingerprint density at radius 3 is 2.84 bits per heavy atom. The first-order valence-electron chi connectivity index (χ1n) is 6.32. The number of benzene rings is 1. The minimum atomic E-state index is -0.100. The van der Waals surface area contributed by atoms with Gasteiger partial charge in [0, 0.05) is 24.4 Å². The van der Waals surface area contributed by atoms with Gasteiger partial charge in [-0.3, -0.25) is 14.2 Å². The molecule has 0 aliphatic carbocycles. The Balaban J connectivity index is 2.03. The Hall–Kier alpha value is -2.30. The predicted octanol–water partition coefficient (Wildman–Crippen LogP) is 0.862. The summed E-state index contributed by atoms with van der Waals surface area (Å²) in [6.07, 6.45) is 1.27. The summed E-state index contributed by atoms with van der Waals surface area (Å²) in [6.45, 7) is 0.432. The first-order valence-corrected chi connectivity index (χ1v) is 6.32. The van der Waals surface area contributed by atoms with E-state index in [9.17, 15) is 9.59 Å². The molecule has 1 aliphatic rings. The van der Waals surface area contributed by atoms with E-state index in [4.69, 9.17) is 5.73 Å². The standard InChI is InChI=1S/C14H15N3O2/c15-12-7-9-3-1-2-4-11(9)14(19)17(12)8-10-5-6-13(18)16-10/h1-4,7,10H,5-6,8,15H2,(H,16,18). The first-order chi connectivity index (χ1) is 9.15. The fraction of sp³-hybridized carbons (Fsp3) is 0.286. The number of hydrogen-bond donors (Lipinski definition) is 2. The highest BCUT2D eigenvalue weighted by Crippen LogP contribution is 2.15. The lowest BCUT2D eigenvalue weighted by atomic mass is 10.1. The number of amides is 1. The number of fused-ring (bicyclic) bond motifs is 1. The number of pyridine rings is 1. The molecule has 3 N–H and O–H groups in total. The van der Waals surface area contributed by atoms with Crippen molar-refractivity contribution in [1.29, 1.82) is 0 Å². The van der Waals surface area contributed by atoms with Crippen LogP contribution in [-0.4, -0.2) is 16.5 Å². The van der Waals surface area contributed by atoms with Gasteiger partial charge in [-0.25, -0.2) is 0 Å². The summed E-state index contributed by atoms with van der Waals surface area (Å²) < 4.78 is 1.54. The van der Waals surface area contributed by atoms with Gasteiger partial charge in [-0.15, -0.1) is 0 Å². The number of nitrogen functional groups attached to an aromatic ring is 1. The molecule has 5 nitrogen and oxygen atoms in total. The Kier molecular flexibility index (Phi) is 2.74. The quantitative estimate of drug-likeness (QED) is 0.837. The number of nitrogens with two attached hydrogens (primary N) is 1. The molecule has 0 saturated carbocycles. The molecular weight excluding hydrogens is 242 g/mol. The molecule has 1 saturated heterocycles. The maximum Gasteiger partial charge on any atom is 0.260 e. The highest BCUT2D eigenvalue weighted by molar-refractivity contribution is 5.83. The third-order valence-electron chi connectivity index (χ3n) is 3.54. The lowest BCUT2D eigenvalue weighted by Gasteiger charge is -2.15. The van der Waals surface area contributed by atoms with Gasteiger partial charge in [0.1, 0.15) is 5.82 Å². The van der Waals surface area contributed by atoms with Crippen LogP contribution < -0.4 is 16.6 Å². The van der Waals surface area contributed by atoms with Gasteiger partial charge in [-0.1, -0.05) is 18.2 Å². The number of anilines is 1. The van der Waals surface area contributed by atoms with Crippen molar-refractivity contribution in [2.45, 2.75) is 25.4 Å². The summed E-state index contributed by atoms with van der Waals surface area (Å²) in [7, 11) is 0. The second-order valence-electron chi connectivity index (χ2n) is 4.88. The number of carbonyl (C=O) groups excluding carboxylic acids is 1. The van der Waals surface area contributed by atoms with Crippen LogP contribution in [0.3, 0.4) is 0 Å². The third-order valence-corrected chi connectivity index (χ3v) is 3.54. The maximum atomic E-state index is 12.4. The molecule has 0 spiro atoms. The molecule has 1 aliphatic heterocycles. The van der Waals surface area contributed by atoms with Gasteiger partial charge in [-0.2, -0.15) is 0 Å². The molecule has 5 heteroatoms. The van der Waals surface area contributed by atoms with E-state index in [0.29, 0.717) is 24.2 Å². The van der Waals surface area contributed by atoms with E-state index < -0.39 is 0 Å². The van der Waals surface area contributed by atoms with Gasteiger partial charge in [0.25, 0.3) is 5.56 Å². The lowest BCUT2D eigenvalue weighted by Crippen LogP contribution is -2.34. The molecule has 1 atom stereocenters. The third kappa shape index (κ3) is 2.07. The van der Waals surface area contributed by atoms with Gasteiger partial charge in [0.2, 0.25) is 5.91 Å². The molecule has 1 aromatic carbocycles. The summed E-state index contributed by atoms with van der Waals surface area (Å²) >= 11 is 0. The van der Waals surface area contributed by atoms with Crippen molar-refractivity contribution in [3.8, 4) is 0 Å². The number of hydrogen-bond acceptors (Lipinski definition) is 3. The van der Waals surface area contributed by atoms with Gasteiger partial charge in [0.05, 0.1) is 0 Å². The van der Waals surface area contributed by atoms with Crippen molar-refractivity contribution in [3.63, 3.8) is 0 Å². The van der Waals surface area contributed by atoms with Crippen LogP contribution in [0.2, 0.25) is 0 Å². The molecule has 2 heterocycles. The molecule has 1 amide bonds. The maximum absolute atomic E-state index is 12.4. The Morgan fingerprint density at radius 2 is 2.11 bits per heavy atom. The van der Waals surface area contributed by atoms with Crippen LogP contribution in [0, 0.1) is 0 Å². The number of carbonyl (C=O) groups is 1. The minimum Gasteiger partial charge on any atom is -0.385 e. The topological polar surface area (TPSA) is 77.1 Å². The number of nitrogens with zero attached hydrogens (tertiary/aromatic N) is 1. The van der Waals surface area contributed by atoms with E-state index in [1.54, 1.807) is 16.7 Å². The zero-order chi connectivity index (χ0) is 13.4. The van der Waals surface area contributed by atoms with Crippen LogP contribution >= 0.6 is 0 Å². The Bertz CT molecular complexity index is 705. The van der Waals surface area contributed by atoms with Crippen LogP contribution in [0.5, 0.6) is 0 Å². The zero-order valence-electron chi connectivity index (χ0n) is 10.4. The molecule has 0 radical (unpaired) electrons. The van der Waals surface area contributed by atoms with Crippen molar-refractivity contribution < 1.29 is 4.79 Å². The van der Waals surface area contributed by atoms with E-state index >= 15 is 0 Å². The Morgan fingerprint density at radius 1 is 1.32 bits per heavy atom. The SMILES string of the molecule is Nc1cc2ccccc2c(=O)n1CC1CCC(=O)N1. The predicted molar refractivity (Wildman–Crippen MR) is 73.8 cm³/mol. The highest BCUT2D eigenvalue weighted by Gasteiger charge is 2.22. The molecule has 1 unspecified atom stereocenters. The summed E-state index contributed by atoms with van der Waals surface area (Å²) in [5, 5.41) is 4.35.